The van der Waals surface area contributed by atoms with Crippen LogP contribution < -0.4 is 5.32 Å². The van der Waals surface area contributed by atoms with Crippen molar-refractivity contribution in [3.63, 3.8) is 0 Å². The number of thioether (sulfide) groups is 2. The van der Waals surface area contributed by atoms with Gasteiger partial charge in [0.05, 0.1) is 12.4 Å². The van der Waals surface area contributed by atoms with Crippen molar-refractivity contribution in [1.29, 1.82) is 0 Å². The number of rotatable bonds is 7. The van der Waals surface area contributed by atoms with E-state index in [0.29, 0.717) is 25.3 Å². The van der Waals surface area contributed by atoms with Crippen molar-refractivity contribution in [1.82, 2.24) is 15.5 Å². The van der Waals surface area contributed by atoms with Gasteiger partial charge in [0.2, 0.25) is 5.91 Å². The van der Waals surface area contributed by atoms with E-state index in [4.69, 9.17) is 4.74 Å². The van der Waals surface area contributed by atoms with Crippen molar-refractivity contribution in [2.45, 2.75) is 33.7 Å². The summed E-state index contributed by atoms with van der Waals surface area (Å²) in [6, 6.07) is 0. The second kappa shape index (κ2) is 7.84. The van der Waals surface area contributed by atoms with Crippen LogP contribution in [-0.4, -0.2) is 46.2 Å². The summed E-state index contributed by atoms with van der Waals surface area (Å²) in [5.74, 6) is 0.157. The van der Waals surface area contributed by atoms with Crippen molar-refractivity contribution in [2.24, 2.45) is 0 Å². The zero-order chi connectivity index (χ0) is 14.4. The molecule has 0 radical (unpaired) electrons. The standard InChI is InChI=1S/C11H15N3O3S3/c1-2-4-12-8(15)6-18-10-13-14-11(20-10)19-7-3-5-17-9(7)16/h7H,2-6H2,1H3,(H,12,15)/t7-/m1/s1. The first kappa shape index (κ1) is 15.6. The summed E-state index contributed by atoms with van der Waals surface area (Å²) in [6.45, 7) is 3.19. The van der Waals surface area contributed by atoms with Crippen molar-refractivity contribution in [3.8, 4) is 0 Å². The lowest BCUT2D eigenvalue weighted by Crippen LogP contribution is -2.25. The number of cyclic esters (lactones) is 1. The molecule has 1 aromatic rings. The molecule has 0 bridgehead atoms. The van der Waals surface area contributed by atoms with Crippen LogP contribution in [0.5, 0.6) is 0 Å². The highest BCUT2D eigenvalue weighted by Crippen LogP contribution is 2.34. The molecule has 0 spiro atoms. The average molecular weight is 333 g/mol. The van der Waals surface area contributed by atoms with Crippen LogP contribution in [-0.2, 0) is 14.3 Å². The summed E-state index contributed by atoms with van der Waals surface area (Å²) in [6.07, 6.45) is 1.64. The Labute approximate surface area is 129 Å². The lowest BCUT2D eigenvalue weighted by Gasteiger charge is -2.00. The van der Waals surface area contributed by atoms with Gasteiger partial charge in [-0.3, -0.25) is 9.59 Å². The highest BCUT2D eigenvalue weighted by atomic mass is 32.2. The molecule has 1 aliphatic heterocycles. The first-order valence-corrected chi connectivity index (χ1v) is 8.93. The number of amides is 1. The number of hydrogen-bond acceptors (Lipinski definition) is 8. The average Bonchev–Trinajstić information content (AvgIpc) is 3.05. The number of carbonyl (C=O) groups is 2. The van der Waals surface area contributed by atoms with Crippen LogP contribution in [0.1, 0.15) is 19.8 Å². The van der Waals surface area contributed by atoms with Crippen LogP contribution in [0.15, 0.2) is 8.68 Å². The molecule has 1 fully saturated rings. The summed E-state index contributed by atoms with van der Waals surface area (Å²) >= 11 is 4.15. The molecule has 1 amide bonds. The van der Waals surface area contributed by atoms with E-state index in [0.717, 1.165) is 15.1 Å². The second-order valence-corrected chi connectivity index (χ2v) is 7.69. The molecule has 0 aliphatic carbocycles. The maximum atomic E-state index is 11.5. The first-order valence-electron chi connectivity index (χ1n) is 6.25. The van der Waals surface area contributed by atoms with Gasteiger partial charge < -0.3 is 10.1 Å². The molecule has 0 aromatic carbocycles. The molecule has 1 aromatic heterocycles. The second-order valence-electron chi connectivity index (χ2n) is 4.04. The normalized spacial score (nSPS) is 18.1. The number of hydrogen-bond donors (Lipinski definition) is 1. The van der Waals surface area contributed by atoms with Gasteiger partial charge in [-0.2, -0.15) is 0 Å². The Kier molecular flexibility index (Phi) is 6.11. The molecule has 2 heterocycles. The van der Waals surface area contributed by atoms with E-state index < -0.39 is 0 Å². The van der Waals surface area contributed by atoms with E-state index in [9.17, 15) is 9.59 Å². The number of ether oxygens (including phenoxy) is 1. The zero-order valence-corrected chi connectivity index (χ0v) is 13.4. The molecule has 6 nitrogen and oxygen atoms in total. The molecular weight excluding hydrogens is 318 g/mol. The minimum absolute atomic E-state index is 0.000578. The fourth-order valence-corrected chi connectivity index (χ4v) is 4.51. The minimum Gasteiger partial charge on any atom is -0.465 e. The molecule has 1 aliphatic rings. The van der Waals surface area contributed by atoms with Gasteiger partial charge in [-0.15, -0.1) is 10.2 Å². The smallest absolute Gasteiger partial charge is 0.319 e. The Hall–Kier alpha value is -0.800. The van der Waals surface area contributed by atoms with Gasteiger partial charge in [0.25, 0.3) is 0 Å². The van der Waals surface area contributed by atoms with Gasteiger partial charge in [-0.25, -0.2) is 0 Å². The van der Waals surface area contributed by atoms with Gasteiger partial charge in [0.15, 0.2) is 8.68 Å². The fourth-order valence-electron chi connectivity index (χ4n) is 1.45. The third-order valence-electron chi connectivity index (χ3n) is 2.42. The molecule has 2 rings (SSSR count). The van der Waals surface area contributed by atoms with E-state index in [1.807, 2.05) is 6.92 Å². The number of esters is 1. The van der Waals surface area contributed by atoms with Gasteiger partial charge in [0, 0.05) is 13.0 Å². The Bertz CT molecular complexity index is 480. The van der Waals surface area contributed by atoms with Crippen LogP contribution in [0.4, 0.5) is 0 Å². The monoisotopic (exact) mass is 333 g/mol. The largest absolute Gasteiger partial charge is 0.465 e. The molecule has 0 saturated carbocycles. The van der Waals surface area contributed by atoms with Crippen LogP contribution >= 0.6 is 34.9 Å². The van der Waals surface area contributed by atoms with Gasteiger partial charge >= 0.3 is 5.97 Å². The number of nitrogens with one attached hydrogen (secondary N) is 1. The Morgan fingerprint density at radius 3 is 3.00 bits per heavy atom. The summed E-state index contributed by atoms with van der Waals surface area (Å²) < 4.78 is 6.38. The summed E-state index contributed by atoms with van der Waals surface area (Å²) in [4.78, 5) is 22.8. The highest BCUT2D eigenvalue weighted by Gasteiger charge is 2.28. The van der Waals surface area contributed by atoms with Gasteiger partial charge in [-0.1, -0.05) is 41.8 Å². The minimum atomic E-state index is -0.182. The van der Waals surface area contributed by atoms with E-state index in [1.165, 1.54) is 34.9 Å². The maximum Gasteiger partial charge on any atom is 0.319 e. The van der Waals surface area contributed by atoms with Crippen molar-refractivity contribution in [3.05, 3.63) is 0 Å². The molecule has 1 N–H and O–H groups in total. The van der Waals surface area contributed by atoms with Crippen LogP contribution in [0, 0.1) is 0 Å². The Morgan fingerprint density at radius 2 is 2.30 bits per heavy atom. The molecule has 20 heavy (non-hydrogen) atoms. The SMILES string of the molecule is CCCNC(=O)CSc1nnc(S[C@@H]2CCOC2=O)s1. The highest BCUT2D eigenvalue weighted by molar-refractivity contribution is 8.04. The van der Waals surface area contributed by atoms with Gasteiger partial charge in [-0.05, 0) is 6.42 Å². The topological polar surface area (TPSA) is 81.2 Å². The Morgan fingerprint density at radius 1 is 1.50 bits per heavy atom. The first-order chi connectivity index (χ1) is 9.69. The predicted molar refractivity (Wildman–Crippen MR) is 79.2 cm³/mol. The molecular formula is C11H15N3O3S3. The lowest BCUT2D eigenvalue weighted by atomic mass is 10.4. The summed E-state index contributed by atoms with van der Waals surface area (Å²) in [7, 11) is 0. The van der Waals surface area contributed by atoms with Crippen LogP contribution in [0.2, 0.25) is 0 Å². The molecule has 1 saturated heterocycles. The summed E-state index contributed by atoms with van der Waals surface area (Å²) in [5.41, 5.74) is 0. The predicted octanol–water partition coefficient (Wildman–Crippen LogP) is 1.56. The van der Waals surface area contributed by atoms with E-state index in [1.54, 1.807) is 0 Å². The van der Waals surface area contributed by atoms with Crippen molar-refractivity contribution >= 4 is 46.7 Å². The van der Waals surface area contributed by atoms with Crippen LogP contribution in [0.3, 0.4) is 0 Å². The van der Waals surface area contributed by atoms with E-state index >= 15 is 0 Å². The summed E-state index contributed by atoms with van der Waals surface area (Å²) in [5, 5.41) is 10.7. The lowest BCUT2D eigenvalue weighted by molar-refractivity contribution is -0.137. The zero-order valence-electron chi connectivity index (χ0n) is 11.0. The number of carbonyl (C=O) groups excluding carboxylic acids is 2. The third-order valence-corrected chi connectivity index (χ3v) is 5.80. The van der Waals surface area contributed by atoms with Crippen LogP contribution in [0.25, 0.3) is 0 Å². The maximum absolute atomic E-state index is 11.5. The van der Waals surface area contributed by atoms with Crippen molar-refractivity contribution < 1.29 is 14.3 Å². The van der Waals surface area contributed by atoms with Gasteiger partial charge in [0.1, 0.15) is 5.25 Å². The number of nitrogens with zero attached hydrogens (tertiary/aromatic N) is 2. The van der Waals surface area contributed by atoms with Crippen molar-refractivity contribution in [2.75, 3.05) is 18.9 Å². The Balaban J connectivity index is 1.77. The quantitative estimate of drug-likeness (QED) is 0.599. The molecule has 1 atom stereocenters. The van der Waals surface area contributed by atoms with E-state index in [2.05, 4.69) is 15.5 Å². The molecule has 110 valence electrons. The fraction of sp³-hybridized carbons (Fsp3) is 0.636. The van der Waals surface area contributed by atoms with E-state index in [-0.39, 0.29) is 17.1 Å². The third kappa shape index (κ3) is 4.64. The molecule has 9 heteroatoms. The molecule has 0 unspecified atom stereocenters. The number of aromatic nitrogens is 2.